The van der Waals surface area contributed by atoms with Gasteiger partial charge in [0.1, 0.15) is 6.33 Å². The molecule has 9 heteroatoms. The molecule has 1 amide bonds. The summed E-state index contributed by atoms with van der Waals surface area (Å²) in [6.45, 7) is 7.03. The van der Waals surface area contributed by atoms with Crippen LogP contribution in [0.15, 0.2) is 29.7 Å². The van der Waals surface area contributed by atoms with Gasteiger partial charge in [-0.25, -0.2) is 0 Å². The van der Waals surface area contributed by atoms with Crippen LogP contribution in [0.5, 0.6) is 0 Å². The number of nitrogens with zero attached hydrogens (tertiary/aromatic N) is 4. The lowest BCUT2D eigenvalue weighted by Crippen LogP contribution is -2.36. The first-order valence-electron chi connectivity index (χ1n) is 8.49. The number of carbonyl (C=O) groups is 1. The molecule has 1 aliphatic rings. The third-order valence-electron chi connectivity index (χ3n) is 4.01. The monoisotopic (exact) mass is 395 g/mol. The second-order valence-corrected chi connectivity index (χ2v) is 7.59. The number of nitrogens with one attached hydrogen (secondary N) is 1. The van der Waals surface area contributed by atoms with Crippen LogP contribution in [0.2, 0.25) is 5.02 Å². The normalized spacial score (nSPS) is 14.7. The molecule has 0 unspecified atom stereocenters. The maximum Gasteiger partial charge on any atom is 0.234 e. The van der Waals surface area contributed by atoms with Crippen molar-refractivity contribution in [3.8, 4) is 0 Å². The third-order valence-corrected chi connectivity index (χ3v) is 5.21. The van der Waals surface area contributed by atoms with Gasteiger partial charge < -0.3 is 19.5 Å². The number of amides is 1. The van der Waals surface area contributed by atoms with E-state index >= 15 is 0 Å². The first-order valence-corrected chi connectivity index (χ1v) is 9.85. The second-order valence-electron chi connectivity index (χ2n) is 6.21. The summed E-state index contributed by atoms with van der Waals surface area (Å²) >= 11 is 7.50. The van der Waals surface area contributed by atoms with Gasteiger partial charge in [-0.15, -0.1) is 10.2 Å². The first-order chi connectivity index (χ1) is 12.5. The number of aromatic nitrogens is 3. The molecule has 2 heterocycles. The summed E-state index contributed by atoms with van der Waals surface area (Å²) in [4.78, 5) is 14.7. The quantitative estimate of drug-likeness (QED) is 0.758. The molecule has 0 saturated carbocycles. The van der Waals surface area contributed by atoms with Crippen molar-refractivity contribution in [2.45, 2.75) is 25.0 Å². The molecule has 0 spiro atoms. The van der Waals surface area contributed by atoms with Crippen LogP contribution in [0.3, 0.4) is 0 Å². The third kappa shape index (κ3) is 4.69. The van der Waals surface area contributed by atoms with Crippen LogP contribution in [0, 0.1) is 0 Å². The minimum atomic E-state index is -0.106. The number of hydrogen-bond acceptors (Lipinski definition) is 6. The Morgan fingerprint density at radius 2 is 2.15 bits per heavy atom. The van der Waals surface area contributed by atoms with Crippen LogP contribution < -0.4 is 10.2 Å². The van der Waals surface area contributed by atoms with Crippen molar-refractivity contribution in [2.75, 3.05) is 42.3 Å². The topological polar surface area (TPSA) is 72.3 Å². The Hall–Kier alpha value is -1.77. The minimum absolute atomic E-state index is 0.106. The van der Waals surface area contributed by atoms with Crippen LogP contribution >= 0.6 is 23.4 Å². The highest BCUT2D eigenvalue weighted by Crippen LogP contribution is 2.30. The van der Waals surface area contributed by atoms with E-state index in [2.05, 4.69) is 20.4 Å². The molecule has 0 radical (unpaired) electrons. The highest BCUT2D eigenvalue weighted by Gasteiger charge is 2.17. The van der Waals surface area contributed by atoms with Gasteiger partial charge in [0.25, 0.3) is 0 Å². The molecule has 7 nitrogen and oxygen atoms in total. The molecular weight excluding hydrogens is 374 g/mol. The first kappa shape index (κ1) is 19.0. The zero-order chi connectivity index (χ0) is 18.5. The molecule has 1 saturated heterocycles. The fourth-order valence-corrected chi connectivity index (χ4v) is 3.71. The zero-order valence-electron chi connectivity index (χ0n) is 14.8. The summed E-state index contributed by atoms with van der Waals surface area (Å²) in [6, 6.07) is 5.80. The Bertz CT molecular complexity index is 761. The fraction of sp³-hybridized carbons (Fsp3) is 0.471. The van der Waals surface area contributed by atoms with Crippen LogP contribution in [0.1, 0.15) is 19.9 Å². The number of benzene rings is 1. The SMILES string of the molecule is CC(C)n1cnnc1SCC(=O)Nc1cc(Cl)ccc1N1CCOCC1. The van der Waals surface area contributed by atoms with Gasteiger partial charge in [-0.2, -0.15) is 0 Å². The highest BCUT2D eigenvalue weighted by atomic mass is 35.5. The maximum absolute atomic E-state index is 12.5. The van der Waals surface area contributed by atoms with Gasteiger partial charge in [0.15, 0.2) is 5.16 Å². The van der Waals surface area contributed by atoms with E-state index in [1.165, 1.54) is 11.8 Å². The number of ether oxygens (including phenoxy) is 1. The molecule has 1 fully saturated rings. The lowest BCUT2D eigenvalue weighted by Gasteiger charge is -2.30. The van der Waals surface area contributed by atoms with Crippen molar-refractivity contribution in [1.82, 2.24) is 14.8 Å². The molecule has 2 aromatic rings. The molecule has 140 valence electrons. The molecular formula is C17H22ClN5O2S. The van der Waals surface area contributed by atoms with Crippen molar-refractivity contribution < 1.29 is 9.53 Å². The van der Waals surface area contributed by atoms with E-state index in [-0.39, 0.29) is 17.7 Å². The summed E-state index contributed by atoms with van der Waals surface area (Å²) in [7, 11) is 0. The number of halogens is 1. The molecule has 3 rings (SSSR count). The Kier molecular flexibility index (Phi) is 6.39. The summed E-state index contributed by atoms with van der Waals surface area (Å²) in [5.41, 5.74) is 1.68. The number of morpholine rings is 1. The molecule has 1 aromatic carbocycles. The van der Waals surface area contributed by atoms with Crippen molar-refractivity contribution >= 4 is 40.6 Å². The molecule has 26 heavy (non-hydrogen) atoms. The Balaban J connectivity index is 1.66. The summed E-state index contributed by atoms with van der Waals surface area (Å²) < 4.78 is 7.34. The molecule has 1 N–H and O–H groups in total. The van der Waals surface area contributed by atoms with E-state index in [4.69, 9.17) is 16.3 Å². The predicted octanol–water partition coefficient (Wildman–Crippen LogP) is 3.08. The predicted molar refractivity (Wildman–Crippen MR) is 104 cm³/mol. The van der Waals surface area contributed by atoms with E-state index in [1.807, 2.05) is 30.5 Å². The number of carbonyl (C=O) groups excluding carboxylic acids is 1. The Labute approximate surface area is 162 Å². The number of rotatable bonds is 6. The van der Waals surface area contributed by atoms with Gasteiger partial charge in [-0.3, -0.25) is 4.79 Å². The largest absolute Gasteiger partial charge is 0.378 e. The van der Waals surface area contributed by atoms with Crippen molar-refractivity contribution in [3.05, 3.63) is 29.5 Å². The highest BCUT2D eigenvalue weighted by molar-refractivity contribution is 7.99. The van der Waals surface area contributed by atoms with E-state index in [0.29, 0.717) is 18.2 Å². The number of anilines is 2. The Morgan fingerprint density at radius 1 is 1.38 bits per heavy atom. The summed E-state index contributed by atoms with van der Waals surface area (Å²) in [6.07, 6.45) is 1.68. The Morgan fingerprint density at radius 3 is 2.88 bits per heavy atom. The van der Waals surface area contributed by atoms with E-state index in [9.17, 15) is 4.79 Å². The van der Waals surface area contributed by atoms with Gasteiger partial charge in [-0.05, 0) is 32.0 Å². The number of thioether (sulfide) groups is 1. The van der Waals surface area contributed by atoms with Gasteiger partial charge in [0, 0.05) is 24.2 Å². The number of hydrogen-bond donors (Lipinski definition) is 1. The van der Waals surface area contributed by atoms with Gasteiger partial charge >= 0.3 is 0 Å². The van der Waals surface area contributed by atoms with Gasteiger partial charge in [0.2, 0.25) is 5.91 Å². The van der Waals surface area contributed by atoms with Crippen LogP contribution in [0.25, 0.3) is 0 Å². The second kappa shape index (κ2) is 8.75. The minimum Gasteiger partial charge on any atom is -0.378 e. The van der Waals surface area contributed by atoms with Crippen LogP contribution in [-0.2, 0) is 9.53 Å². The van der Waals surface area contributed by atoms with Crippen molar-refractivity contribution in [3.63, 3.8) is 0 Å². The van der Waals surface area contributed by atoms with E-state index < -0.39 is 0 Å². The maximum atomic E-state index is 12.5. The summed E-state index contributed by atoms with van der Waals surface area (Å²) in [5.74, 6) is 0.144. The van der Waals surface area contributed by atoms with Gasteiger partial charge in [0.05, 0.1) is 30.3 Å². The van der Waals surface area contributed by atoms with E-state index in [0.717, 1.165) is 29.6 Å². The average Bonchev–Trinajstić information content (AvgIpc) is 3.10. The van der Waals surface area contributed by atoms with Crippen molar-refractivity contribution in [2.24, 2.45) is 0 Å². The van der Waals surface area contributed by atoms with Crippen LogP contribution in [-0.4, -0.2) is 52.7 Å². The molecule has 1 aromatic heterocycles. The lowest BCUT2D eigenvalue weighted by atomic mass is 10.2. The lowest BCUT2D eigenvalue weighted by molar-refractivity contribution is -0.113. The molecule has 0 aliphatic carbocycles. The smallest absolute Gasteiger partial charge is 0.234 e. The van der Waals surface area contributed by atoms with E-state index in [1.54, 1.807) is 12.4 Å². The zero-order valence-corrected chi connectivity index (χ0v) is 16.4. The standard InChI is InChI=1S/C17H22ClN5O2S/c1-12(2)23-11-19-21-17(23)26-10-16(24)20-14-9-13(18)3-4-15(14)22-5-7-25-8-6-22/h3-4,9,11-12H,5-8,10H2,1-2H3,(H,20,24). The van der Waals surface area contributed by atoms with Crippen LogP contribution in [0.4, 0.5) is 11.4 Å². The fourth-order valence-electron chi connectivity index (χ4n) is 2.69. The van der Waals surface area contributed by atoms with Gasteiger partial charge in [-0.1, -0.05) is 23.4 Å². The average molecular weight is 396 g/mol. The molecule has 0 atom stereocenters. The molecule has 0 bridgehead atoms. The summed E-state index contributed by atoms with van der Waals surface area (Å²) in [5, 5.41) is 12.3. The molecule has 1 aliphatic heterocycles. The van der Waals surface area contributed by atoms with Crippen molar-refractivity contribution in [1.29, 1.82) is 0 Å².